The lowest BCUT2D eigenvalue weighted by Crippen LogP contribution is -2.37. The van der Waals surface area contributed by atoms with Gasteiger partial charge in [-0.25, -0.2) is 4.79 Å². The molecule has 2 amide bonds. The molecule has 2 heterocycles. The second-order valence-corrected chi connectivity index (χ2v) is 8.45. The van der Waals surface area contributed by atoms with Crippen LogP contribution in [0.4, 0.5) is 0 Å². The third-order valence-electron chi connectivity index (χ3n) is 4.76. The third-order valence-corrected chi connectivity index (χ3v) is 6.13. The number of ether oxygens (including phenoxy) is 3. The van der Waals surface area contributed by atoms with Crippen molar-refractivity contribution in [3.8, 4) is 11.5 Å². The number of hydrogen-bond acceptors (Lipinski definition) is 8. The van der Waals surface area contributed by atoms with Gasteiger partial charge in [-0.3, -0.25) is 14.5 Å². The van der Waals surface area contributed by atoms with Crippen LogP contribution in [-0.4, -0.2) is 54.0 Å². The molecule has 1 fully saturated rings. The molecule has 0 aromatic heterocycles. The molecule has 2 aliphatic rings. The molecule has 2 aliphatic heterocycles. The van der Waals surface area contributed by atoms with E-state index in [1.54, 1.807) is 18.2 Å². The molecule has 2 aromatic carbocycles. The fourth-order valence-corrected chi connectivity index (χ4v) is 4.41. The molecule has 1 N–H and O–H groups in total. The first-order chi connectivity index (χ1) is 15.5. The smallest absolute Gasteiger partial charge is 0.337 e. The number of thiocarbonyl (C=S) groups is 1. The molecule has 0 bridgehead atoms. The van der Waals surface area contributed by atoms with Crippen LogP contribution in [0.3, 0.4) is 0 Å². The fraction of sp³-hybridized carbons (Fsp3) is 0.182. The summed E-state index contributed by atoms with van der Waals surface area (Å²) >= 11 is 6.55. The number of hydrogen-bond donors (Lipinski definition) is 1. The summed E-state index contributed by atoms with van der Waals surface area (Å²) in [5.41, 5.74) is 1.56. The van der Waals surface area contributed by atoms with E-state index in [0.29, 0.717) is 31.9 Å². The minimum absolute atomic E-state index is 0.183. The van der Waals surface area contributed by atoms with Gasteiger partial charge >= 0.3 is 5.97 Å². The summed E-state index contributed by atoms with van der Waals surface area (Å²) in [6.07, 6.45) is 1.75. The number of rotatable bonds is 6. The predicted molar refractivity (Wildman–Crippen MR) is 123 cm³/mol. The van der Waals surface area contributed by atoms with Crippen molar-refractivity contribution in [2.45, 2.75) is 0 Å². The first-order valence-corrected chi connectivity index (χ1v) is 10.8. The Morgan fingerprint density at radius 1 is 1.16 bits per heavy atom. The number of benzene rings is 2. The monoisotopic (exact) mass is 470 g/mol. The number of esters is 1. The number of carbonyl (C=O) groups excluding carboxylic acids is 3. The van der Waals surface area contributed by atoms with Gasteiger partial charge in [-0.2, -0.15) is 0 Å². The van der Waals surface area contributed by atoms with Gasteiger partial charge in [0.1, 0.15) is 4.32 Å². The van der Waals surface area contributed by atoms with Crippen molar-refractivity contribution in [1.82, 2.24) is 10.2 Å². The van der Waals surface area contributed by atoms with Crippen LogP contribution in [0.5, 0.6) is 11.5 Å². The predicted octanol–water partition coefficient (Wildman–Crippen LogP) is 2.83. The van der Waals surface area contributed by atoms with E-state index in [2.05, 4.69) is 10.1 Å². The zero-order chi connectivity index (χ0) is 22.7. The van der Waals surface area contributed by atoms with Crippen molar-refractivity contribution in [3.63, 3.8) is 0 Å². The summed E-state index contributed by atoms with van der Waals surface area (Å²) in [6.45, 7) is 0.651. The maximum atomic E-state index is 12.8. The van der Waals surface area contributed by atoms with Crippen LogP contribution in [0.2, 0.25) is 0 Å². The van der Waals surface area contributed by atoms with Crippen LogP contribution in [0, 0.1) is 0 Å². The highest BCUT2D eigenvalue weighted by atomic mass is 32.2. The molecule has 0 atom stereocenters. The molecule has 8 nitrogen and oxygen atoms in total. The lowest BCUT2D eigenvalue weighted by atomic mass is 10.1. The number of amides is 2. The lowest BCUT2D eigenvalue weighted by molar-refractivity contribution is -0.122. The molecule has 0 saturated carbocycles. The van der Waals surface area contributed by atoms with E-state index in [0.717, 1.165) is 5.56 Å². The molecule has 0 unspecified atom stereocenters. The number of fused-ring (bicyclic) bond motifs is 1. The summed E-state index contributed by atoms with van der Waals surface area (Å²) in [4.78, 5) is 38.5. The molecule has 164 valence electrons. The zero-order valence-electron chi connectivity index (χ0n) is 17.0. The number of nitrogens with one attached hydrogen (secondary N) is 1. The van der Waals surface area contributed by atoms with E-state index in [-0.39, 0.29) is 31.7 Å². The fourth-order valence-electron chi connectivity index (χ4n) is 3.11. The molecule has 1 saturated heterocycles. The van der Waals surface area contributed by atoms with Crippen molar-refractivity contribution in [3.05, 3.63) is 64.1 Å². The minimum Gasteiger partial charge on any atom is -0.465 e. The summed E-state index contributed by atoms with van der Waals surface area (Å²) in [5, 5.41) is 2.75. The van der Waals surface area contributed by atoms with Crippen LogP contribution < -0.4 is 14.8 Å². The molecule has 0 radical (unpaired) electrons. The minimum atomic E-state index is -0.472. The molecule has 0 aliphatic carbocycles. The third kappa shape index (κ3) is 4.61. The summed E-state index contributed by atoms with van der Waals surface area (Å²) < 4.78 is 15.7. The van der Waals surface area contributed by atoms with Gasteiger partial charge in [-0.1, -0.05) is 30.0 Å². The van der Waals surface area contributed by atoms with Gasteiger partial charge in [0.05, 0.1) is 17.6 Å². The zero-order valence-corrected chi connectivity index (χ0v) is 18.6. The maximum Gasteiger partial charge on any atom is 0.337 e. The standard InChI is InChI=1S/C22H18N2O6S2/c1-28-21(27)15-5-3-14(4-6-15)19(25)23-8-9-24-20(26)18(32-22(24)31)11-13-2-7-16-17(10-13)30-12-29-16/h2-7,10-11H,8-9,12H2,1H3,(H,23,25)/b18-11-. The second-order valence-electron chi connectivity index (χ2n) is 6.77. The van der Waals surface area contributed by atoms with Gasteiger partial charge in [0.15, 0.2) is 11.5 Å². The highest BCUT2D eigenvalue weighted by molar-refractivity contribution is 8.26. The van der Waals surface area contributed by atoms with Crippen molar-refractivity contribution >= 4 is 52.2 Å². The van der Waals surface area contributed by atoms with Crippen LogP contribution >= 0.6 is 24.0 Å². The largest absolute Gasteiger partial charge is 0.465 e. The van der Waals surface area contributed by atoms with E-state index >= 15 is 0 Å². The first-order valence-electron chi connectivity index (χ1n) is 9.58. The Morgan fingerprint density at radius 3 is 2.62 bits per heavy atom. The summed E-state index contributed by atoms with van der Waals surface area (Å²) in [6, 6.07) is 11.5. The Hall–Kier alpha value is -3.37. The second kappa shape index (κ2) is 9.41. The van der Waals surface area contributed by atoms with Crippen LogP contribution in [-0.2, 0) is 9.53 Å². The first kappa shape index (κ1) is 21.8. The molecule has 0 spiro atoms. The number of methoxy groups -OCH3 is 1. The van der Waals surface area contributed by atoms with E-state index in [1.165, 1.54) is 48.0 Å². The van der Waals surface area contributed by atoms with Gasteiger partial charge in [0.2, 0.25) is 6.79 Å². The van der Waals surface area contributed by atoms with Gasteiger partial charge in [0, 0.05) is 18.7 Å². The molecular formula is C22H18N2O6S2. The Kier molecular flexibility index (Phi) is 6.42. The number of nitrogens with zero attached hydrogens (tertiary/aromatic N) is 1. The summed E-state index contributed by atoms with van der Waals surface area (Å²) in [7, 11) is 1.29. The van der Waals surface area contributed by atoms with Gasteiger partial charge < -0.3 is 19.5 Å². The van der Waals surface area contributed by atoms with E-state index in [1.807, 2.05) is 6.07 Å². The van der Waals surface area contributed by atoms with Crippen molar-refractivity contribution in [2.24, 2.45) is 0 Å². The van der Waals surface area contributed by atoms with E-state index < -0.39 is 5.97 Å². The summed E-state index contributed by atoms with van der Waals surface area (Å²) in [5.74, 6) is 0.305. The van der Waals surface area contributed by atoms with Gasteiger partial charge in [0.25, 0.3) is 11.8 Å². The van der Waals surface area contributed by atoms with Gasteiger partial charge in [-0.15, -0.1) is 0 Å². The van der Waals surface area contributed by atoms with Crippen molar-refractivity contribution in [1.29, 1.82) is 0 Å². The Bertz CT molecular complexity index is 1130. The van der Waals surface area contributed by atoms with Crippen LogP contribution in [0.25, 0.3) is 6.08 Å². The number of carbonyl (C=O) groups is 3. The average Bonchev–Trinajstić information content (AvgIpc) is 3.37. The van der Waals surface area contributed by atoms with E-state index in [4.69, 9.17) is 21.7 Å². The molecular weight excluding hydrogens is 452 g/mol. The normalized spacial score (nSPS) is 15.9. The lowest BCUT2D eigenvalue weighted by Gasteiger charge is -2.15. The SMILES string of the molecule is COC(=O)c1ccc(C(=O)NCCN2C(=O)/C(=C/c3ccc4c(c3)OCO4)SC2=S)cc1. The van der Waals surface area contributed by atoms with Crippen LogP contribution in [0.1, 0.15) is 26.3 Å². The quantitative estimate of drug-likeness (QED) is 0.391. The van der Waals surface area contributed by atoms with Crippen molar-refractivity contribution in [2.75, 3.05) is 27.0 Å². The van der Waals surface area contributed by atoms with Gasteiger partial charge in [-0.05, 0) is 48.0 Å². The molecule has 4 rings (SSSR count). The molecule has 32 heavy (non-hydrogen) atoms. The Balaban J connectivity index is 1.34. The highest BCUT2D eigenvalue weighted by Gasteiger charge is 2.31. The Labute approximate surface area is 193 Å². The topological polar surface area (TPSA) is 94.2 Å². The molecule has 10 heteroatoms. The van der Waals surface area contributed by atoms with Crippen LogP contribution in [0.15, 0.2) is 47.4 Å². The van der Waals surface area contributed by atoms with E-state index in [9.17, 15) is 14.4 Å². The molecule has 2 aromatic rings. The average molecular weight is 471 g/mol. The highest BCUT2D eigenvalue weighted by Crippen LogP contribution is 2.36. The maximum absolute atomic E-state index is 12.8. The number of thioether (sulfide) groups is 1. The Morgan fingerprint density at radius 2 is 1.88 bits per heavy atom. The van der Waals surface area contributed by atoms with Crippen molar-refractivity contribution < 1.29 is 28.6 Å².